The topological polar surface area (TPSA) is 68.4 Å². The summed E-state index contributed by atoms with van der Waals surface area (Å²) in [6, 6.07) is 0. The molecule has 0 radical (unpaired) electrons. The van der Waals surface area contributed by atoms with Crippen molar-refractivity contribution in [2.24, 2.45) is 5.41 Å². The minimum absolute atomic E-state index is 0.0980. The Kier molecular flexibility index (Phi) is 5.94. The molecule has 2 unspecified atom stereocenters. The van der Waals surface area contributed by atoms with E-state index in [1.54, 1.807) is 0 Å². The molecule has 1 heterocycles. The van der Waals surface area contributed by atoms with Gasteiger partial charge in [-0.25, -0.2) is 0 Å². The van der Waals surface area contributed by atoms with Crippen LogP contribution < -0.4 is 0 Å². The summed E-state index contributed by atoms with van der Waals surface area (Å²) >= 11 is 0. The van der Waals surface area contributed by atoms with Crippen LogP contribution in [0.5, 0.6) is 0 Å². The second kappa shape index (κ2) is 7.01. The van der Waals surface area contributed by atoms with Gasteiger partial charge < -0.3 is 14.4 Å². The average Bonchev–Trinajstić information content (AvgIpc) is 2.72. The van der Waals surface area contributed by atoms with E-state index >= 15 is 0 Å². The number of nitrogens with zero attached hydrogens (tertiary/aromatic N) is 2. The lowest BCUT2D eigenvalue weighted by molar-refractivity contribution is -0.0203. The van der Waals surface area contributed by atoms with Crippen molar-refractivity contribution in [3.63, 3.8) is 0 Å². The summed E-state index contributed by atoms with van der Waals surface area (Å²) in [5.41, 5.74) is -0.0980. The van der Waals surface area contributed by atoms with Crippen molar-refractivity contribution in [2.75, 3.05) is 6.61 Å². The number of ether oxygens (including phenoxy) is 1. The van der Waals surface area contributed by atoms with Gasteiger partial charge in [0.2, 0.25) is 11.7 Å². The van der Waals surface area contributed by atoms with Crippen molar-refractivity contribution in [3.05, 3.63) is 11.7 Å². The SMILES string of the molecule is CCCC(O)Cc1nc(C(OCC)C(C)(C)C)no1. The molecule has 1 N–H and O–H groups in total. The van der Waals surface area contributed by atoms with E-state index in [1.807, 2.05) is 13.8 Å². The van der Waals surface area contributed by atoms with Crippen LogP contribution in [-0.4, -0.2) is 28.0 Å². The van der Waals surface area contributed by atoms with E-state index in [-0.39, 0.29) is 11.5 Å². The van der Waals surface area contributed by atoms with E-state index in [1.165, 1.54) is 0 Å². The minimum atomic E-state index is -0.418. The van der Waals surface area contributed by atoms with E-state index in [9.17, 15) is 5.11 Å². The molecular formula is C14H26N2O3. The molecule has 0 fully saturated rings. The van der Waals surface area contributed by atoms with Crippen molar-refractivity contribution in [1.82, 2.24) is 10.1 Å². The summed E-state index contributed by atoms with van der Waals surface area (Å²) in [5, 5.41) is 13.7. The van der Waals surface area contributed by atoms with Crippen molar-refractivity contribution in [1.29, 1.82) is 0 Å². The number of hydrogen-bond donors (Lipinski definition) is 1. The van der Waals surface area contributed by atoms with Crippen LogP contribution in [0, 0.1) is 5.41 Å². The lowest BCUT2D eigenvalue weighted by atomic mass is 9.88. The lowest BCUT2D eigenvalue weighted by Crippen LogP contribution is -2.22. The Bertz CT molecular complexity index is 371. The third kappa shape index (κ3) is 4.91. The van der Waals surface area contributed by atoms with Crippen LogP contribution in [0.15, 0.2) is 4.52 Å². The smallest absolute Gasteiger partial charge is 0.229 e. The van der Waals surface area contributed by atoms with Gasteiger partial charge in [0, 0.05) is 6.61 Å². The summed E-state index contributed by atoms with van der Waals surface area (Å²) < 4.78 is 10.9. The first-order valence-electron chi connectivity index (χ1n) is 7.00. The molecule has 0 bridgehead atoms. The van der Waals surface area contributed by atoms with Crippen molar-refractivity contribution in [2.45, 2.75) is 66.1 Å². The molecule has 1 aromatic rings. The first-order chi connectivity index (χ1) is 8.88. The molecule has 5 heteroatoms. The molecule has 110 valence electrons. The Morgan fingerprint density at radius 2 is 2.00 bits per heavy atom. The van der Waals surface area contributed by atoms with Gasteiger partial charge in [0.05, 0.1) is 12.5 Å². The van der Waals surface area contributed by atoms with Gasteiger partial charge in [-0.05, 0) is 18.8 Å². The molecule has 19 heavy (non-hydrogen) atoms. The first-order valence-corrected chi connectivity index (χ1v) is 7.00. The van der Waals surface area contributed by atoms with E-state index in [0.29, 0.717) is 24.7 Å². The molecule has 0 saturated carbocycles. The highest BCUT2D eigenvalue weighted by Crippen LogP contribution is 2.34. The third-order valence-corrected chi connectivity index (χ3v) is 2.87. The van der Waals surface area contributed by atoms with Gasteiger partial charge in [-0.3, -0.25) is 0 Å². The van der Waals surface area contributed by atoms with E-state index in [2.05, 4.69) is 30.9 Å². The highest BCUT2D eigenvalue weighted by atomic mass is 16.5. The predicted octanol–water partition coefficient (Wildman–Crippen LogP) is 2.90. The Morgan fingerprint density at radius 3 is 2.53 bits per heavy atom. The van der Waals surface area contributed by atoms with E-state index in [4.69, 9.17) is 9.26 Å². The molecule has 0 amide bonds. The number of aliphatic hydroxyl groups is 1. The maximum atomic E-state index is 9.75. The predicted molar refractivity (Wildman–Crippen MR) is 72.7 cm³/mol. The van der Waals surface area contributed by atoms with Crippen LogP contribution in [0.25, 0.3) is 0 Å². The Labute approximate surface area is 115 Å². The van der Waals surface area contributed by atoms with Crippen molar-refractivity contribution >= 4 is 0 Å². The number of aliphatic hydroxyl groups excluding tert-OH is 1. The Hall–Kier alpha value is -0.940. The summed E-state index contributed by atoms with van der Waals surface area (Å²) in [5.74, 6) is 1.04. The van der Waals surface area contributed by atoms with Crippen LogP contribution in [0.2, 0.25) is 0 Å². The minimum Gasteiger partial charge on any atom is -0.393 e. The molecule has 0 spiro atoms. The van der Waals surface area contributed by atoms with Gasteiger partial charge >= 0.3 is 0 Å². The fourth-order valence-corrected chi connectivity index (χ4v) is 1.97. The van der Waals surface area contributed by atoms with Gasteiger partial charge in [-0.1, -0.05) is 39.3 Å². The number of aromatic nitrogens is 2. The normalized spacial score (nSPS) is 15.5. The maximum Gasteiger partial charge on any atom is 0.229 e. The standard InChI is InChI=1S/C14H26N2O3/c1-6-8-10(17)9-11-15-13(16-19-11)12(18-7-2)14(3,4)5/h10,12,17H,6-9H2,1-5H3. The van der Waals surface area contributed by atoms with Crippen LogP contribution in [0.1, 0.15) is 65.3 Å². The van der Waals surface area contributed by atoms with Crippen LogP contribution >= 0.6 is 0 Å². The molecule has 5 nitrogen and oxygen atoms in total. The molecule has 0 aromatic carbocycles. The molecule has 1 aromatic heterocycles. The van der Waals surface area contributed by atoms with E-state index < -0.39 is 6.10 Å². The summed E-state index contributed by atoms with van der Waals surface area (Å²) in [6.45, 7) is 10.8. The van der Waals surface area contributed by atoms with Gasteiger partial charge in [0.1, 0.15) is 6.10 Å². The monoisotopic (exact) mass is 270 g/mol. The highest BCUT2D eigenvalue weighted by Gasteiger charge is 2.31. The zero-order valence-corrected chi connectivity index (χ0v) is 12.6. The molecule has 0 aliphatic heterocycles. The lowest BCUT2D eigenvalue weighted by Gasteiger charge is -2.27. The molecule has 0 saturated heterocycles. The Morgan fingerprint density at radius 1 is 1.32 bits per heavy atom. The summed E-state index contributed by atoms with van der Waals surface area (Å²) in [7, 11) is 0. The zero-order valence-electron chi connectivity index (χ0n) is 12.6. The molecule has 1 rings (SSSR count). The van der Waals surface area contributed by atoms with Crippen molar-refractivity contribution < 1.29 is 14.4 Å². The number of hydrogen-bond acceptors (Lipinski definition) is 5. The van der Waals surface area contributed by atoms with Crippen LogP contribution in [0.4, 0.5) is 0 Å². The zero-order chi connectivity index (χ0) is 14.5. The van der Waals surface area contributed by atoms with Gasteiger partial charge in [0.25, 0.3) is 0 Å². The molecule has 2 atom stereocenters. The summed E-state index contributed by atoms with van der Waals surface area (Å²) in [6.07, 6.45) is 1.47. The van der Waals surface area contributed by atoms with Gasteiger partial charge in [-0.15, -0.1) is 0 Å². The average molecular weight is 270 g/mol. The van der Waals surface area contributed by atoms with Gasteiger partial charge in [-0.2, -0.15) is 4.98 Å². The number of rotatable bonds is 7. The largest absolute Gasteiger partial charge is 0.393 e. The molecule has 0 aliphatic carbocycles. The summed E-state index contributed by atoms with van der Waals surface area (Å²) in [4.78, 5) is 4.36. The van der Waals surface area contributed by atoms with Crippen LogP contribution in [-0.2, 0) is 11.2 Å². The van der Waals surface area contributed by atoms with E-state index in [0.717, 1.165) is 12.8 Å². The second-order valence-electron chi connectivity index (χ2n) is 5.89. The van der Waals surface area contributed by atoms with Gasteiger partial charge in [0.15, 0.2) is 0 Å². The maximum absolute atomic E-state index is 9.75. The van der Waals surface area contributed by atoms with Crippen LogP contribution in [0.3, 0.4) is 0 Å². The third-order valence-electron chi connectivity index (χ3n) is 2.87. The molecular weight excluding hydrogens is 244 g/mol. The fourth-order valence-electron chi connectivity index (χ4n) is 1.97. The fraction of sp³-hybridized carbons (Fsp3) is 0.857. The first kappa shape index (κ1) is 16.1. The quantitative estimate of drug-likeness (QED) is 0.825. The van der Waals surface area contributed by atoms with Crippen molar-refractivity contribution in [3.8, 4) is 0 Å². The highest BCUT2D eigenvalue weighted by molar-refractivity contribution is 4.97. The second-order valence-corrected chi connectivity index (χ2v) is 5.89. The molecule has 0 aliphatic rings. The Balaban J connectivity index is 2.76.